The molecule has 0 saturated carbocycles. The fraction of sp³-hybridized carbons (Fsp3) is 0.357. The first-order valence-electron chi connectivity index (χ1n) is 6.87. The number of rotatable bonds is 6. The van der Waals surface area contributed by atoms with Crippen molar-refractivity contribution in [1.29, 1.82) is 0 Å². The van der Waals surface area contributed by atoms with Crippen LogP contribution in [0.25, 0.3) is 16.2 Å². The van der Waals surface area contributed by atoms with Gasteiger partial charge in [0.15, 0.2) is 0 Å². The van der Waals surface area contributed by atoms with Crippen molar-refractivity contribution in [3.63, 3.8) is 0 Å². The number of unbranched alkanes of at least 4 members (excludes halogenated alkanes) is 2. The molecule has 6 heteroatoms. The van der Waals surface area contributed by atoms with Gasteiger partial charge in [-0.05, 0) is 18.6 Å². The molecule has 3 heterocycles. The van der Waals surface area contributed by atoms with Gasteiger partial charge in [-0.1, -0.05) is 31.1 Å². The lowest BCUT2D eigenvalue weighted by atomic mass is 10.2. The first-order chi connectivity index (χ1) is 9.86. The zero-order chi connectivity index (χ0) is 13.8. The fourth-order valence-electron chi connectivity index (χ4n) is 2.00. The van der Waals surface area contributed by atoms with Crippen molar-refractivity contribution in [3.05, 3.63) is 30.7 Å². The normalized spacial score (nSPS) is 11.1. The Hall–Kier alpha value is -1.95. The van der Waals surface area contributed by atoms with E-state index in [0.29, 0.717) is 0 Å². The summed E-state index contributed by atoms with van der Waals surface area (Å²) in [5.74, 6) is 0. The molecule has 0 atom stereocenters. The van der Waals surface area contributed by atoms with Gasteiger partial charge < -0.3 is 5.32 Å². The van der Waals surface area contributed by atoms with Gasteiger partial charge in [0.2, 0.25) is 10.1 Å². The maximum atomic E-state index is 4.59. The molecule has 3 rings (SSSR count). The molecule has 0 aliphatic carbocycles. The maximum absolute atomic E-state index is 4.59. The molecule has 0 spiro atoms. The molecule has 20 heavy (non-hydrogen) atoms. The van der Waals surface area contributed by atoms with Gasteiger partial charge in [0.1, 0.15) is 0 Å². The summed E-state index contributed by atoms with van der Waals surface area (Å²) in [4.78, 5) is 9.60. The molecule has 0 aliphatic heterocycles. The summed E-state index contributed by atoms with van der Waals surface area (Å²) in [5, 5.41) is 8.78. The summed E-state index contributed by atoms with van der Waals surface area (Å²) in [6.45, 7) is 3.18. The van der Waals surface area contributed by atoms with Crippen molar-refractivity contribution in [2.24, 2.45) is 0 Å². The van der Waals surface area contributed by atoms with Crippen LogP contribution in [0.5, 0.6) is 0 Å². The topological polar surface area (TPSA) is 55.1 Å². The van der Waals surface area contributed by atoms with Gasteiger partial charge in [-0.2, -0.15) is 0 Å². The van der Waals surface area contributed by atoms with E-state index < -0.39 is 0 Å². The molecular formula is C14H17N5S. The Kier molecular flexibility index (Phi) is 3.92. The zero-order valence-corrected chi connectivity index (χ0v) is 12.2. The molecule has 1 N–H and O–H groups in total. The van der Waals surface area contributed by atoms with Crippen LogP contribution in [-0.2, 0) is 0 Å². The van der Waals surface area contributed by atoms with Gasteiger partial charge in [-0.3, -0.25) is 4.98 Å². The second-order valence-corrected chi connectivity index (χ2v) is 5.59. The third-order valence-corrected chi connectivity index (χ3v) is 3.94. The molecule has 0 saturated heterocycles. The van der Waals surface area contributed by atoms with Crippen LogP contribution in [0, 0.1) is 0 Å². The van der Waals surface area contributed by atoms with Crippen molar-refractivity contribution >= 4 is 21.4 Å². The van der Waals surface area contributed by atoms with Crippen molar-refractivity contribution in [2.45, 2.75) is 26.2 Å². The minimum Gasteiger partial charge on any atom is -0.360 e. The van der Waals surface area contributed by atoms with E-state index >= 15 is 0 Å². The number of nitrogens with one attached hydrogen (secondary N) is 1. The molecule has 0 bridgehead atoms. The van der Waals surface area contributed by atoms with E-state index in [9.17, 15) is 0 Å². The Balaban J connectivity index is 1.73. The number of anilines is 1. The molecule has 0 aliphatic rings. The maximum Gasteiger partial charge on any atom is 0.214 e. The lowest BCUT2D eigenvalue weighted by Gasteiger charge is -1.99. The van der Waals surface area contributed by atoms with Crippen LogP contribution in [0.4, 0.5) is 5.13 Å². The number of fused-ring (bicyclic) bond motifs is 1. The highest BCUT2D eigenvalue weighted by Crippen LogP contribution is 2.23. The average molecular weight is 287 g/mol. The predicted molar refractivity (Wildman–Crippen MR) is 82.1 cm³/mol. The Morgan fingerprint density at radius 1 is 1.35 bits per heavy atom. The number of hydrogen-bond donors (Lipinski definition) is 1. The largest absolute Gasteiger partial charge is 0.360 e. The van der Waals surface area contributed by atoms with Crippen molar-refractivity contribution in [1.82, 2.24) is 19.6 Å². The van der Waals surface area contributed by atoms with E-state index in [1.807, 2.05) is 29.0 Å². The molecule has 104 valence electrons. The van der Waals surface area contributed by atoms with Crippen molar-refractivity contribution < 1.29 is 0 Å². The third-order valence-electron chi connectivity index (χ3n) is 3.06. The smallest absolute Gasteiger partial charge is 0.214 e. The van der Waals surface area contributed by atoms with Gasteiger partial charge in [-0.15, -0.1) is 5.10 Å². The molecule has 0 aromatic carbocycles. The number of aromatic nitrogens is 4. The second kappa shape index (κ2) is 6.00. The molecule has 0 amide bonds. The minimum absolute atomic E-state index is 0.904. The average Bonchev–Trinajstić information content (AvgIpc) is 3.03. The summed E-state index contributed by atoms with van der Waals surface area (Å²) in [5.41, 5.74) is 1.93. The molecule has 3 aromatic rings. The molecule has 0 unspecified atom stereocenters. The van der Waals surface area contributed by atoms with Gasteiger partial charge in [0.25, 0.3) is 0 Å². The number of hydrogen-bond acceptors (Lipinski definition) is 5. The first kappa shape index (κ1) is 13.1. The Morgan fingerprint density at radius 3 is 3.05 bits per heavy atom. The minimum atomic E-state index is 0.904. The molecule has 3 aromatic heterocycles. The molecule has 0 fully saturated rings. The highest BCUT2D eigenvalue weighted by Gasteiger charge is 2.09. The van der Waals surface area contributed by atoms with E-state index in [4.69, 9.17) is 0 Å². The third kappa shape index (κ3) is 2.80. The van der Waals surface area contributed by atoms with Crippen LogP contribution >= 0.6 is 11.3 Å². The van der Waals surface area contributed by atoms with Gasteiger partial charge in [-0.25, -0.2) is 9.50 Å². The first-order valence-corrected chi connectivity index (χ1v) is 7.69. The predicted octanol–water partition coefficient (Wildman–Crippen LogP) is 3.45. The van der Waals surface area contributed by atoms with E-state index in [2.05, 4.69) is 27.3 Å². The summed E-state index contributed by atoms with van der Waals surface area (Å²) in [6, 6.07) is 3.92. The van der Waals surface area contributed by atoms with Crippen LogP contribution in [0.1, 0.15) is 26.2 Å². The zero-order valence-electron chi connectivity index (χ0n) is 11.4. The number of pyridine rings is 1. The number of imidazole rings is 1. The Labute approximate surface area is 121 Å². The monoisotopic (exact) mass is 287 g/mol. The van der Waals surface area contributed by atoms with Crippen molar-refractivity contribution in [3.8, 4) is 11.3 Å². The van der Waals surface area contributed by atoms with Crippen LogP contribution in [0.15, 0.2) is 30.7 Å². The molecule has 5 nitrogen and oxygen atoms in total. The van der Waals surface area contributed by atoms with Crippen LogP contribution in [0.3, 0.4) is 0 Å². The number of nitrogens with zero attached hydrogens (tertiary/aromatic N) is 4. The SMILES string of the molecule is CCCCCNc1nn2cc(-c3cccnc3)nc2s1. The van der Waals surface area contributed by atoms with E-state index in [0.717, 1.165) is 27.9 Å². The quantitative estimate of drug-likeness (QED) is 0.705. The standard InChI is InChI=1S/C14H17N5S/c1-2-3-4-8-16-13-18-19-10-12(17-14(19)20-13)11-6-5-7-15-9-11/h5-7,9-10H,2-4,8H2,1H3,(H,16,18). The molecule has 0 radical (unpaired) electrons. The van der Waals surface area contributed by atoms with Crippen LogP contribution in [0.2, 0.25) is 0 Å². The van der Waals surface area contributed by atoms with E-state index in [1.54, 1.807) is 17.5 Å². The Bertz CT molecular complexity index is 642. The lowest BCUT2D eigenvalue weighted by molar-refractivity contribution is 0.742. The van der Waals surface area contributed by atoms with Gasteiger partial charge in [0, 0.05) is 24.5 Å². The van der Waals surface area contributed by atoms with E-state index in [-0.39, 0.29) is 0 Å². The van der Waals surface area contributed by atoms with Crippen molar-refractivity contribution in [2.75, 3.05) is 11.9 Å². The van der Waals surface area contributed by atoms with Crippen LogP contribution in [-0.4, -0.2) is 26.1 Å². The fourth-order valence-corrected chi connectivity index (χ4v) is 2.80. The summed E-state index contributed by atoms with van der Waals surface area (Å²) in [6.07, 6.45) is 9.19. The highest BCUT2D eigenvalue weighted by molar-refractivity contribution is 7.20. The second-order valence-electron chi connectivity index (χ2n) is 4.64. The highest BCUT2D eigenvalue weighted by atomic mass is 32.1. The Morgan fingerprint density at radius 2 is 2.30 bits per heavy atom. The summed E-state index contributed by atoms with van der Waals surface area (Å²) < 4.78 is 1.83. The van der Waals surface area contributed by atoms with E-state index in [1.165, 1.54) is 19.3 Å². The van der Waals surface area contributed by atoms with Gasteiger partial charge >= 0.3 is 0 Å². The van der Waals surface area contributed by atoms with Gasteiger partial charge in [0.05, 0.1) is 11.9 Å². The van der Waals surface area contributed by atoms with Crippen LogP contribution < -0.4 is 5.32 Å². The summed E-state index contributed by atoms with van der Waals surface area (Å²) in [7, 11) is 0. The molecular weight excluding hydrogens is 270 g/mol. The summed E-state index contributed by atoms with van der Waals surface area (Å²) >= 11 is 1.58. The lowest BCUT2D eigenvalue weighted by Crippen LogP contribution is -2.01.